The van der Waals surface area contributed by atoms with Gasteiger partial charge in [-0.05, 0) is 121 Å². The number of dihydropyridines is 1. The van der Waals surface area contributed by atoms with E-state index in [2.05, 4.69) is 166 Å². The van der Waals surface area contributed by atoms with Gasteiger partial charge < -0.3 is 4.57 Å². The van der Waals surface area contributed by atoms with Gasteiger partial charge in [-0.25, -0.2) is 0 Å². The Labute approximate surface area is 306 Å². The van der Waals surface area contributed by atoms with Gasteiger partial charge in [-0.15, -0.1) is 0 Å². The van der Waals surface area contributed by atoms with Crippen molar-refractivity contribution >= 4 is 60.3 Å². The first kappa shape index (κ1) is 32.2. The fraction of sp³-hybridized carbons (Fsp3) is 0.180. The molecule has 2 heterocycles. The topological polar surface area (TPSA) is 17.3 Å². The second kappa shape index (κ2) is 12.5. The molecule has 2 unspecified atom stereocenters. The van der Waals surface area contributed by atoms with Crippen LogP contribution in [0.5, 0.6) is 0 Å². The van der Waals surface area contributed by atoms with Crippen molar-refractivity contribution in [2.75, 3.05) is 0 Å². The minimum absolute atomic E-state index is 0.0654. The van der Waals surface area contributed by atoms with E-state index in [1.807, 2.05) is 18.4 Å². The second-order valence-electron chi connectivity index (χ2n) is 15.6. The number of fused-ring (bicyclic) bond motifs is 3. The quantitative estimate of drug-likeness (QED) is 0.118. The van der Waals surface area contributed by atoms with E-state index in [1.54, 1.807) is 0 Å². The number of allylic oxidation sites excluding steroid dienone is 2. The molecule has 0 saturated heterocycles. The van der Waals surface area contributed by atoms with Crippen LogP contribution in [-0.4, -0.2) is 16.8 Å². The van der Waals surface area contributed by atoms with Crippen molar-refractivity contribution in [1.29, 1.82) is 0 Å². The Morgan fingerprint density at radius 2 is 1.48 bits per heavy atom. The van der Waals surface area contributed by atoms with Gasteiger partial charge in [0, 0.05) is 22.7 Å². The number of para-hydroxylation sites is 2. The monoisotopic (exact) mass is 672 g/mol. The van der Waals surface area contributed by atoms with E-state index in [-0.39, 0.29) is 17.4 Å². The van der Waals surface area contributed by atoms with Crippen LogP contribution in [0.1, 0.15) is 57.6 Å². The van der Waals surface area contributed by atoms with Crippen LogP contribution in [-0.2, 0) is 5.41 Å². The zero-order valence-electron chi connectivity index (χ0n) is 30.5. The van der Waals surface area contributed by atoms with Gasteiger partial charge in [0.2, 0.25) is 0 Å². The maximum atomic E-state index is 4.75. The van der Waals surface area contributed by atoms with E-state index in [1.165, 1.54) is 87.6 Å². The molecule has 1 aliphatic rings. The van der Waals surface area contributed by atoms with Crippen LogP contribution < -0.4 is 0 Å². The highest BCUT2D eigenvalue weighted by molar-refractivity contribution is 6.26. The average Bonchev–Trinajstić information content (AvgIpc) is 3.51. The molecule has 1 aromatic heterocycles. The summed E-state index contributed by atoms with van der Waals surface area (Å²) < 4.78 is 2.42. The lowest BCUT2D eigenvalue weighted by Crippen LogP contribution is -2.11. The highest BCUT2D eigenvalue weighted by Gasteiger charge is 2.22. The summed E-state index contributed by atoms with van der Waals surface area (Å²) in [6.07, 6.45) is 12.4. The molecule has 2 atom stereocenters. The van der Waals surface area contributed by atoms with E-state index >= 15 is 0 Å². The molecule has 0 amide bonds. The number of rotatable bonds is 7. The maximum Gasteiger partial charge on any atom is 0.0780 e. The fourth-order valence-electron chi connectivity index (χ4n) is 8.54. The van der Waals surface area contributed by atoms with Crippen molar-refractivity contribution in [3.05, 3.63) is 163 Å². The summed E-state index contributed by atoms with van der Waals surface area (Å²) in [5.41, 5.74) is 10.2. The molecule has 52 heavy (non-hydrogen) atoms. The molecule has 2 heteroatoms. The lowest BCUT2D eigenvalue weighted by atomic mass is 9.80. The Balaban J connectivity index is 1.27. The minimum Gasteiger partial charge on any atom is -0.309 e. The molecule has 9 rings (SSSR count). The molecule has 0 radical (unpaired) electrons. The van der Waals surface area contributed by atoms with Crippen LogP contribution in [0, 0.1) is 0 Å². The Hall–Kier alpha value is -5.73. The number of aromatic nitrogens is 1. The SMILES string of the molecule is C=C/C(=C\CC(C)c1cc(-c2cccc(-n3c4ccccc4c4ccccc43)c2)c2ccc3cc(C(C)(C)C)cc4ccc1c2c34)C1CC=CC=N1. The normalized spacial score (nSPS) is 15.8. The van der Waals surface area contributed by atoms with Gasteiger partial charge in [-0.2, -0.15) is 0 Å². The zero-order chi connectivity index (χ0) is 35.6. The molecule has 0 aliphatic carbocycles. The van der Waals surface area contributed by atoms with E-state index in [9.17, 15) is 0 Å². The number of benzene rings is 7. The van der Waals surface area contributed by atoms with E-state index in [4.69, 9.17) is 4.99 Å². The molecule has 0 N–H and O–H groups in total. The van der Waals surface area contributed by atoms with Crippen LogP contribution in [0.3, 0.4) is 0 Å². The van der Waals surface area contributed by atoms with Gasteiger partial charge >= 0.3 is 0 Å². The molecule has 1 aliphatic heterocycles. The zero-order valence-corrected chi connectivity index (χ0v) is 30.5. The van der Waals surface area contributed by atoms with Crippen molar-refractivity contribution < 1.29 is 0 Å². The first-order chi connectivity index (χ1) is 25.3. The van der Waals surface area contributed by atoms with Crippen molar-refractivity contribution in [2.45, 2.75) is 57.9 Å². The number of hydrogen-bond donors (Lipinski definition) is 0. The molecule has 0 bridgehead atoms. The van der Waals surface area contributed by atoms with Crippen molar-refractivity contribution in [3.63, 3.8) is 0 Å². The molecule has 0 spiro atoms. The smallest absolute Gasteiger partial charge is 0.0780 e. The Morgan fingerprint density at radius 1 is 0.788 bits per heavy atom. The third-order valence-electron chi connectivity index (χ3n) is 11.3. The summed E-state index contributed by atoms with van der Waals surface area (Å²) in [6, 6.07) is 43.6. The molecule has 2 nitrogen and oxygen atoms in total. The molecule has 0 saturated carbocycles. The Bertz CT molecular complexity index is 2690. The molecule has 8 aromatic rings. The van der Waals surface area contributed by atoms with Crippen LogP contribution in [0.25, 0.3) is 70.9 Å². The van der Waals surface area contributed by atoms with E-state index in [0.717, 1.165) is 12.8 Å². The fourth-order valence-corrected chi connectivity index (χ4v) is 8.54. The Kier molecular flexibility index (Phi) is 7.74. The van der Waals surface area contributed by atoms with Gasteiger partial charge in [0.15, 0.2) is 0 Å². The Morgan fingerprint density at radius 3 is 2.13 bits per heavy atom. The van der Waals surface area contributed by atoms with Gasteiger partial charge in [-0.1, -0.05) is 137 Å². The predicted molar refractivity (Wildman–Crippen MR) is 226 cm³/mol. The average molecular weight is 673 g/mol. The standard InChI is InChI=1S/C50H44N2/c1-6-33(45-18-11-12-27-51-45)22-21-32(2)43-31-44(42-26-24-36-29-37(50(3,4)5)28-35-23-25-41(43)49(42)48(35)36)34-14-13-15-38(30-34)52-46-19-9-7-16-39(46)40-17-8-10-20-47(40)52/h6-17,19-20,22-32,45H,1,18,21H2,2-5H3/b33-22+. The van der Waals surface area contributed by atoms with Crippen molar-refractivity contribution in [2.24, 2.45) is 4.99 Å². The van der Waals surface area contributed by atoms with Gasteiger partial charge in [0.25, 0.3) is 0 Å². The highest BCUT2D eigenvalue weighted by atomic mass is 15.0. The third kappa shape index (κ3) is 5.28. The van der Waals surface area contributed by atoms with Crippen LogP contribution in [0.4, 0.5) is 0 Å². The molecule has 254 valence electrons. The summed E-state index contributed by atoms with van der Waals surface area (Å²) >= 11 is 0. The minimum atomic E-state index is 0.0654. The highest BCUT2D eigenvalue weighted by Crippen LogP contribution is 2.45. The van der Waals surface area contributed by atoms with Crippen LogP contribution >= 0.6 is 0 Å². The van der Waals surface area contributed by atoms with Gasteiger partial charge in [0.05, 0.1) is 17.1 Å². The summed E-state index contributed by atoms with van der Waals surface area (Å²) in [4.78, 5) is 4.75. The summed E-state index contributed by atoms with van der Waals surface area (Å²) in [6.45, 7) is 13.5. The van der Waals surface area contributed by atoms with Crippen molar-refractivity contribution in [1.82, 2.24) is 4.57 Å². The number of hydrogen-bond acceptors (Lipinski definition) is 1. The van der Waals surface area contributed by atoms with Gasteiger partial charge in [-0.3, -0.25) is 4.99 Å². The number of nitrogens with zero attached hydrogens (tertiary/aromatic N) is 2. The summed E-state index contributed by atoms with van der Waals surface area (Å²) in [7, 11) is 0. The summed E-state index contributed by atoms with van der Waals surface area (Å²) in [5, 5.41) is 10.6. The molecule has 7 aromatic carbocycles. The lowest BCUT2D eigenvalue weighted by Gasteiger charge is -2.24. The number of aliphatic imine (C=N–C) groups is 1. The predicted octanol–water partition coefficient (Wildman–Crippen LogP) is 13.7. The molecular formula is C50H44N2. The molecule has 0 fully saturated rings. The first-order valence-corrected chi connectivity index (χ1v) is 18.7. The van der Waals surface area contributed by atoms with Crippen LogP contribution in [0.2, 0.25) is 0 Å². The largest absolute Gasteiger partial charge is 0.309 e. The lowest BCUT2D eigenvalue weighted by molar-refractivity contribution is 0.591. The molecular weight excluding hydrogens is 629 g/mol. The van der Waals surface area contributed by atoms with Crippen LogP contribution in [0.15, 0.2) is 157 Å². The van der Waals surface area contributed by atoms with E-state index in [0.29, 0.717) is 0 Å². The van der Waals surface area contributed by atoms with E-state index < -0.39 is 0 Å². The second-order valence-corrected chi connectivity index (χ2v) is 15.6. The third-order valence-corrected chi connectivity index (χ3v) is 11.3. The maximum absolute atomic E-state index is 4.75. The first-order valence-electron chi connectivity index (χ1n) is 18.7. The van der Waals surface area contributed by atoms with Gasteiger partial charge in [0.1, 0.15) is 0 Å². The van der Waals surface area contributed by atoms with Crippen molar-refractivity contribution in [3.8, 4) is 16.8 Å². The summed E-state index contributed by atoms with van der Waals surface area (Å²) in [5.74, 6) is 0.284.